The van der Waals surface area contributed by atoms with E-state index in [1.165, 1.54) is 12.1 Å². The minimum Gasteiger partial charge on any atom is -0.363 e. The minimum atomic E-state index is -4.45. The maximum absolute atomic E-state index is 13.2. The lowest BCUT2D eigenvalue weighted by atomic mass is 10.0. The third kappa shape index (κ3) is 5.33. The molecule has 0 saturated carbocycles. The fourth-order valence-corrected chi connectivity index (χ4v) is 2.45. The van der Waals surface area contributed by atoms with Crippen molar-refractivity contribution in [1.29, 1.82) is 0 Å². The quantitative estimate of drug-likeness (QED) is 0.480. The number of benzene rings is 2. The van der Waals surface area contributed by atoms with E-state index in [0.29, 0.717) is 5.33 Å². The van der Waals surface area contributed by atoms with Gasteiger partial charge in [0.05, 0.1) is 6.61 Å². The van der Waals surface area contributed by atoms with Crippen LogP contribution in [0.5, 0.6) is 0 Å². The van der Waals surface area contributed by atoms with Gasteiger partial charge in [0.15, 0.2) is 6.10 Å². The molecule has 2 rings (SSSR count). The molecule has 0 fully saturated rings. The van der Waals surface area contributed by atoms with Gasteiger partial charge in [0, 0.05) is 10.2 Å². The molecule has 0 amide bonds. The largest absolute Gasteiger partial charge is 0.418 e. The molecule has 0 aliphatic rings. The fourth-order valence-electron chi connectivity index (χ4n) is 2.11. The van der Waals surface area contributed by atoms with E-state index in [1.807, 2.05) is 30.3 Å². The van der Waals surface area contributed by atoms with E-state index < -0.39 is 12.3 Å². The summed E-state index contributed by atoms with van der Waals surface area (Å²) in [4.78, 5) is -0.170. The Hall–Kier alpha value is -0.850. The van der Waals surface area contributed by atoms with Gasteiger partial charge in [-0.15, -0.1) is 0 Å². The van der Waals surface area contributed by atoms with Crippen LogP contribution in [0.2, 0.25) is 0 Å². The Morgan fingerprint density at radius 2 is 1.48 bits per heavy atom. The summed E-state index contributed by atoms with van der Waals surface area (Å²) in [5.74, 6) is 0. The molecular formula is C17H15Br2F3O. The van der Waals surface area contributed by atoms with E-state index in [4.69, 9.17) is 4.74 Å². The molecule has 2 aromatic rings. The minimum absolute atomic E-state index is 0.0319. The molecule has 0 bridgehead atoms. The summed E-state index contributed by atoms with van der Waals surface area (Å²) in [7, 11) is 0. The predicted octanol–water partition coefficient (Wildman–Crippen LogP) is 6.13. The van der Waals surface area contributed by atoms with Gasteiger partial charge in [-0.2, -0.15) is 13.2 Å². The van der Waals surface area contributed by atoms with Crippen molar-refractivity contribution in [3.63, 3.8) is 0 Å². The molecule has 124 valence electrons. The summed E-state index contributed by atoms with van der Waals surface area (Å²) in [6, 6.07) is 15.8. The average Bonchev–Trinajstić information content (AvgIpc) is 2.55. The average molecular weight is 452 g/mol. The van der Waals surface area contributed by atoms with Crippen LogP contribution >= 0.6 is 31.9 Å². The van der Waals surface area contributed by atoms with Crippen LogP contribution in [0.4, 0.5) is 13.2 Å². The number of alkyl halides is 5. The van der Waals surface area contributed by atoms with Crippen molar-refractivity contribution in [2.75, 3.05) is 11.9 Å². The summed E-state index contributed by atoms with van der Waals surface area (Å²) < 4.78 is 44.8. The van der Waals surface area contributed by atoms with Crippen LogP contribution in [0.1, 0.15) is 11.7 Å². The highest BCUT2D eigenvalue weighted by Crippen LogP contribution is 2.37. The molecule has 0 N–H and O–H groups in total. The zero-order valence-corrected chi connectivity index (χ0v) is 15.2. The second-order valence-electron chi connectivity index (χ2n) is 4.99. The van der Waals surface area contributed by atoms with Crippen molar-refractivity contribution in [1.82, 2.24) is 0 Å². The van der Waals surface area contributed by atoms with Gasteiger partial charge in [0.25, 0.3) is 0 Å². The van der Waals surface area contributed by atoms with Gasteiger partial charge >= 0.3 is 6.18 Å². The number of hydrogen-bond donors (Lipinski definition) is 0. The molecule has 0 heterocycles. The van der Waals surface area contributed by atoms with E-state index in [0.717, 1.165) is 11.1 Å². The topological polar surface area (TPSA) is 9.23 Å². The number of halogens is 5. The van der Waals surface area contributed by atoms with Crippen LogP contribution in [0.25, 0.3) is 11.1 Å². The number of hydrogen-bond acceptors (Lipinski definition) is 1. The molecule has 0 radical (unpaired) electrons. The molecule has 2 aromatic carbocycles. The molecule has 0 aromatic heterocycles. The number of rotatable bonds is 6. The van der Waals surface area contributed by atoms with Crippen LogP contribution in [0, 0.1) is 0 Å². The standard InChI is InChI=1S/C17H15Br2F3O/c18-10-15(19)11-23-16(17(20,21)22)14-8-6-13(7-9-14)12-4-2-1-3-5-12/h1-9,15-16H,10-11H2. The van der Waals surface area contributed by atoms with Gasteiger partial charge < -0.3 is 4.74 Å². The highest BCUT2D eigenvalue weighted by molar-refractivity contribution is 9.12. The van der Waals surface area contributed by atoms with E-state index in [2.05, 4.69) is 31.9 Å². The Morgan fingerprint density at radius 1 is 0.913 bits per heavy atom. The monoisotopic (exact) mass is 450 g/mol. The highest BCUT2D eigenvalue weighted by atomic mass is 79.9. The van der Waals surface area contributed by atoms with E-state index in [9.17, 15) is 13.2 Å². The van der Waals surface area contributed by atoms with E-state index in [-0.39, 0.29) is 17.0 Å². The molecule has 0 saturated heterocycles. The normalized spacial score (nSPS) is 14.5. The molecule has 2 unspecified atom stereocenters. The molecule has 0 aliphatic carbocycles. The van der Waals surface area contributed by atoms with E-state index >= 15 is 0 Å². The van der Waals surface area contributed by atoms with Gasteiger partial charge in [-0.3, -0.25) is 0 Å². The second kappa shape index (κ2) is 8.31. The van der Waals surface area contributed by atoms with Crippen molar-refractivity contribution in [2.45, 2.75) is 17.1 Å². The van der Waals surface area contributed by atoms with Crippen LogP contribution in [-0.4, -0.2) is 22.9 Å². The van der Waals surface area contributed by atoms with Crippen LogP contribution in [-0.2, 0) is 4.74 Å². The third-order valence-electron chi connectivity index (χ3n) is 3.23. The lowest BCUT2D eigenvalue weighted by Gasteiger charge is -2.22. The maximum Gasteiger partial charge on any atom is 0.418 e. The molecule has 0 aliphatic heterocycles. The molecular weight excluding hydrogens is 437 g/mol. The SMILES string of the molecule is FC(F)(F)C(OCC(Br)CBr)c1ccc(-c2ccccc2)cc1. The van der Waals surface area contributed by atoms with Crippen molar-refractivity contribution < 1.29 is 17.9 Å². The highest BCUT2D eigenvalue weighted by Gasteiger charge is 2.42. The van der Waals surface area contributed by atoms with Crippen LogP contribution < -0.4 is 0 Å². The van der Waals surface area contributed by atoms with Gasteiger partial charge in [0.2, 0.25) is 0 Å². The van der Waals surface area contributed by atoms with Gasteiger partial charge in [-0.05, 0) is 16.7 Å². The summed E-state index contributed by atoms with van der Waals surface area (Å²) in [6.45, 7) is -0.0319. The van der Waals surface area contributed by atoms with Crippen LogP contribution in [0.3, 0.4) is 0 Å². The summed E-state index contributed by atoms with van der Waals surface area (Å²) in [6.07, 6.45) is -6.38. The van der Waals surface area contributed by atoms with Gasteiger partial charge in [-0.1, -0.05) is 86.5 Å². The first-order valence-corrected chi connectivity index (χ1v) is 8.99. The molecule has 0 spiro atoms. The summed E-state index contributed by atoms with van der Waals surface area (Å²) >= 11 is 6.45. The zero-order valence-electron chi connectivity index (χ0n) is 12.1. The molecule has 6 heteroatoms. The Bertz CT molecular complexity index is 599. The van der Waals surface area contributed by atoms with Gasteiger partial charge in [0.1, 0.15) is 0 Å². The zero-order chi connectivity index (χ0) is 16.9. The molecule has 1 nitrogen and oxygen atoms in total. The Balaban J connectivity index is 2.19. The smallest absolute Gasteiger partial charge is 0.363 e. The first-order valence-electron chi connectivity index (χ1n) is 6.95. The Kier molecular flexibility index (Phi) is 6.68. The molecule has 23 heavy (non-hydrogen) atoms. The first-order chi connectivity index (χ1) is 10.9. The van der Waals surface area contributed by atoms with Crippen molar-refractivity contribution in [3.8, 4) is 11.1 Å². The maximum atomic E-state index is 13.2. The van der Waals surface area contributed by atoms with E-state index in [1.54, 1.807) is 12.1 Å². The lowest BCUT2D eigenvalue weighted by molar-refractivity contribution is -0.223. The Morgan fingerprint density at radius 3 is 2.00 bits per heavy atom. The fraction of sp³-hybridized carbons (Fsp3) is 0.294. The Labute approximate surface area is 150 Å². The van der Waals surface area contributed by atoms with Crippen molar-refractivity contribution in [2.24, 2.45) is 0 Å². The summed E-state index contributed by atoms with van der Waals surface area (Å²) in [5, 5.41) is 0.518. The van der Waals surface area contributed by atoms with Crippen LogP contribution in [0.15, 0.2) is 54.6 Å². The lowest BCUT2D eigenvalue weighted by Crippen LogP contribution is -2.26. The predicted molar refractivity (Wildman–Crippen MR) is 93.1 cm³/mol. The number of ether oxygens (including phenoxy) is 1. The first kappa shape index (κ1) is 18.5. The molecule has 2 atom stereocenters. The second-order valence-corrected chi connectivity index (χ2v) is 6.94. The van der Waals surface area contributed by atoms with Crippen molar-refractivity contribution in [3.05, 3.63) is 60.2 Å². The van der Waals surface area contributed by atoms with Crippen molar-refractivity contribution >= 4 is 31.9 Å². The van der Waals surface area contributed by atoms with Gasteiger partial charge in [-0.25, -0.2) is 0 Å². The third-order valence-corrected chi connectivity index (χ3v) is 5.47. The summed E-state index contributed by atoms with van der Waals surface area (Å²) in [5.41, 5.74) is 1.93.